The second-order valence-corrected chi connectivity index (χ2v) is 2.87. The molecule has 1 rings (SSSR count). The molecule has 1 heterocycles. The fourth-order valence-electron chi connectivity index (χ4n) is 0.723. The van der Waals surface area contributed by atoms with Gasteiger partial charge in [0, 0.05) is 32.3 Å². The van der Waals surface area contributed by atoms with Crippen LogP contribution in [0.15, 0.2) is 22.9 Å². The van der Waals surface area contributed by atoms with Gasteiger partial charge in [-0.25, -0.2) is 0 Å². The third-order valence-electron chi connectivity index (χ3n) is 1.35. The Morgan fingerprint density at radius 3 is 2.80 bits per heavy atom. The summed E-state index contributed by atoms with van der Waals surface area (Å²) in [6.45, 7) is 2.04. The number of rotatable bonds is 1. The van der Waals surface area contributed by atoms with Crippen molar-refractivity contribution in [1.82, 2.24) is 0 Å². The van der Waals surface area contributed by atoms with Gasteiger partial charge in [-0.3, -0.25) is 5.21 Å². The Balaban J connectivity index is 3.04. The van der Waals surface area contributed by atoms with E-state index in [1.165, 1.54) is 0 Å². The standard InChI is InChI=1S/C7H9BrNO/c1-2-6-3-4-7(8)9(10)5-6/h3-5,10H,2H2,1H3/q+1. The van der Waals surface area contributed by atoms with Gasteiger partial charge < -0.3 is 0 Å². The molecule has 2 nitrogen and oxygen atoms in total. The molecule has 0 fully saturated rings. The van der Waals surface area contributed by atoms with Gasteiger partial charge in [-0.15, -0.1) is 0 Å². The molecule has 0 saturated heterocycles. The van der Waals surface area contributed by atoms with Gasteiger partial charge in [0.2, 0.25) is 6.20 Å². The van der Waals surface area contributed by atoms with Crippen molar-refractivity contribution in [1.29, 1.82) is 0 Å². The lowest BCUT2D eigenvalue weighted by molar-refractivity contribution is -0.913. The minimum atomic E-state index is 0.671. The highest BCUT2D eigenvalue weighted by Gasteiger charge is 2.04. The second kappa shape index (κ2) is 3.01. The van der Waals surface area contributed by atoms with Gasteiger partial charge >= 0.3 is 0 Å². The molecular weight excluding hydrogens is 194 g/mol. The lowest BCUT2D eigenvalue weighted by atomic mass is 10.2. The van der Waals surface area contributed by atoms with E-state index in [1.807, 2.05) is 19.1 Å². The predicted molar refractivity (Wildman–Crippen MR) is 40.9 cm³/mol. The van der Waals surface area contributed by atoms with Crippen molar-refractivity contribution in [2.45, 2.75) is 13.3 Å². The van der Waals surface area contributed by atoms with Crippen molar-refractivity contribution in [2.75, 3.05) is 0 Å². The molecule has 54 valence electrons. The monoisotopic (exact) mass is 202 g/mol. The first kappa shape index (κ1) is 7.54. The van der Waals surface area contributed by atoms with Crippen LogP contribution >= 0.6 is 15.9 Å². The normalized spacial score (nSPS) is 9.80. The zero-order valence-electron chi connectivity index (χ0n) is 5.71. The molecule has 1 N–H and O–H groups in total. The maximum atomic E-state index is 9.10. The average Bonchev–Trinajstić information content (AvgIpc) is 1.95. The van der Waals surface area contributed by atoms with Crippen LogP contribution in [-0.2, 0) is 6.42 Å². The van der Waals surface area contributed by atoms with Crippen LogP contribution in [0.3, 0.4) is 0 Å². The molecule has 0 aliphatic heterocycles. The largest absolute Gasteiger partial charge is 0.298 e. The first-order valence-corrected chi connectivity index (χ1v) is 3.92. The smallest absolute Gasteiger partial charge is 0.284 e. The SMILES string of the molecule is CCc1ccc(Br)[n+](O)c1. The zero-order chi connectivity index (χ0) is 7.56. The molecule has 0 unspecified atom stereocenters. The Hall–Kier alpha value is -0.570. The summed E-state index contributed by atoms with van der Waals surface area (Å²) in [6.07, 6.45) is 2.62. The van der Waals surface area contributed by atoms with E-state index in [4.69, 9.17) is 5.21 Å². The van der Waals surface area contributed by atoms with Crippen LogP contribution in [0.2, 0.25) is 0 Å². The summed E-state index contributed by atoms with van der Waals surface area (Å²) in [7, 11) is 0. The number of aromatic nitrogens is 1. The summed E-state index contributed by atoms with van der Waals surface area (Å²) in [4.78, 5) is 0. The van der Waals surface area contributed by atoms with Crippen molar-refractivity contribution >= 4 is 15.9 Å². The maximum Gasteiger partial charge on any atom is 0.298 e. The van der Waals surface area contributed by atoms with Crippen molar-refractivity contribution in [3.8, 4) is 0 Å². The third kappa shape index (κ3) is 1.48. The summed E-state index contributed by atoms with van der Waals surface area (Å²) in [5.41, 5.74) is 1.12. The Labute approximate surface area is 68.2 Å². The minimum absolute atomic E-state index is 0.671. The molecule has 10 heavy (non-hydrogen) atoms. The minimum Gasteiger partial charge on any atom is -0.284 e. The van der Waals surface area contributed by atoms with Crippen LogP contribution in [0.25, 0.3) is 0 Å². The van der Waals surface area contributed by atoms with Gasteiger partial charge in [0.1, 0.15) is 0 Å². The van der Waals surface area contributed by atoms with E-state index in [9.17, 15) is 0 Å². The van der Waals surface area contributed by atoms with Gasteiger partial charge in [-0.1, -0.05) is 6.92 Å². The number of pyridine rings is 1. The van der Waals surface area contributed by atoms with E-state index in [0.29, 0.717) is 4.60 Å². The molecule has 0 aromatic carbocycles. The molecule has 0 radical (unpaired) electrons. The van der Waals surface area contributed by atoms with Crippen molar-refractivity contribution < 1.29 is 9.94 Å². The topological polar surface area (TPSA) is 24.1 Å². The molecule has 0 aliphatic rings. The fourth-order valence-corrected chi connectivity index (χ4v) is 0.958. The van der Waals surface area contributed by atoms with Crippen molar-refractivity contribution in [2.24, 2.45) is 0 Å². The molecule has 0 atom stereocenters. The molecular formula is C7H9BrNO+. The lowest BCUT2D eigenvalue weighted by Gasteiger charge is -1.91. The molecule has 0 amide bonds. The first-order chi connectivity index (χ1) is 4.74. The van der Waals surface area contributed by atoms with Crippen LogP contribution in [0, 0.1) is 0 Å². The lowest BCUT2D eigenvalue weighted by Crippen LogP contribution is -2.31. The quantitative estimate of drug-likeness (QED) is 0.417. The van der Waals surface area contributed by atoms with Crippen molar-refractivity contribution in [3.63, 3.8) is 0 Å². The summed E-state index contributed by atoms with van der Waals surface area (Å²) < 4.78 is 1.74. The van der Waals surface area contributed by atoms with Gasteiger partial charge in [-0.2, -0.15) is 0 Å². The summed E-state index contributed by atoms with van der Waals surface area (Å²) in [5, 5.41) is 9.10. The van der Waals surface area contributed by atoms with Gasteiger partial charge in [0.25, 0.3) is 4.60 Å². The number of nitrogens with zero attached hydrogens (tertiary/aromatic N) is 1. The molecule has 0 spiro atoms. The molecule has 1 aromatic rings. The summed E-state index contributed by atoms with van der Waals surface area (Å²) in [5.74, 6) is 0. The number of halogens is 1. The van der Waals surface area contributed by atoms with E-state index < -0.39 is 0 Å². The third-order valence-corrected chi connectivity index (χ3v) is 1.98. The van der Waals surface area contributed by atoms with E-state index in [0.717, 1.165) is 16.7 Å². The van der Waals surface area contributed by atoms with Crippen LogP contribution in [-0.4, -0.2) is 5.21 Å². The number of aryl methyl sites for hydroxylation is 1. The molecule has 0 bridgehead atoms. The van der Waals surface area contributed by atoms with Gasteiger partial charge in [0.15, 0.2) is 0 Å². The summed E-state index contributed by atoms with van der Waals surface area (Å²) in [6, 6.07) is 3.79. The van der Waals surface area contributed by atoms with E-state index >= 15 is 0 Å². The zero-order valence-corrected chi connectivity index (χ0v) is 7.30. The first-order valence-electron chi connectivity index (χ1n) is 3.13. The van der Waals surface area contributed by atoms with E-state index in [2.05, 4.69) is 15.9 Å². The Morgan fingerprint density at radius 1 is 1.60 bits per heavy atom. The van der Waals surface area contributed by atoms with E-state index in [1.54, 1.807) is 6.20 Å². The summed E-state index contributed by atoms with van der Waals surface area (Å²) >= 11 is 3.17. The maximum absolute atomic E-state index is 9.10. The van der Waals surface area contributed by atoms with Gasteiger partial charge in [0.05, 0.1) is 0 Å². The van der Waals surface area contributed by atoms with Gasteiger partial charge in [-0.05, 0) is 12.5 Å². The van der Waals surface area contributed by atoms with Crippen molar-refractivity contribution in [3.05, 3.63) is 28.5 Å². The van der Waals surface area contributed by atoms with Crippen LogP contribution in [0.1, 0.15) is 12.5 Å². The van der Waals surface area contributed by atoms with E-state index in [-0.39, 0.29) is 0 Å². The number of hydrogen-bond acceptors (Lipinski definition) is 1. The molecule has 0 aliphatic carbocycles. The second-order valence-electron chi connectivity index (χ2n) is 2.06. The Kier molecular flexibility index (Phi) is 2.27. The van der Waals surface area contributed by atoms with Crippen LogP contribution in [0.4, 0.5) is 0 Å². The molecule has 1 aromatic heterocycles. The highest BCUT2D eigenvalue weighted by molar-refractivity contribution is 9.10. The molecule has 3 heteroatoms. The Morgan fingerprint density at radius 2 is 2.30 bits per heavy atom. The predicted octanol–water partition coefficient (Wildman–Crippen LogP) is 1.54. The molecule has 0 saturated carbocycles. The fraction of sp³-hybridized carbons (Fsp3) is 0.286. The number of hydrogen-bond donors (Lipinski definition) is 1. The average molecular weight is 203 g/mol. The Bertz CT molecular complexity index is 237. The highest BCUT2D eigenvalue weighted by atomic mass is 79.9. The highest BCUT2D eigenvalue weighted by Crippen LogP contribution is 2.03. The van der Waals surface area contributed by atoms with Crippen LogP contribution in [0.5, 0.6) is 0 Å². The van der Waals surface area contributed by atoms with Crippen LogP contribution < -0.4 is 4.73 Å².